The standard InChI is InChI=1S/C14H22N2O7/c1-4-15-14(20)16-7-8-21-11(17)5-6-12(18)22-9-23-13(19)10(2)3/h5-6,10H,4,7-9H2,1-3H3,(H2,15,16,20)/b6-5+. The van der Waals surface area contributed by atoms with Gasteiger partial charge in [-0.25, -0.2) is 14.4 Å². The van der Waals surface area contributed by atoms with Gasteiger partial charge in [-0.1, -0.05) is 13.8 Å². The van der Waals surface area contributed by atoms with Crippen LogP contribution in [0.4, 0.5) is 4.79 Å². The molecule has 0 bridgehead atoms. The summed E-state index contributed by atoms with van der Waals surface area (Å²) in [5.74, 6) is -2.44. The van der Waals surface area contributed by atoms with Crippen LogP contribution in [0, 0.1) is 5.92 Å². The lowest BCUT2D eigenvalue weighted by Gasteiger charge is -2.06. The summed E-state index contributed by atoms with van der Waals surface area (Å²) >= 11 is 0. The zero-order valence-corrected chi connectivity index (χ0v) is 13.4. The molecule has 0 unspecified atom stereocenters. The highest BCUT2D eigenvalue weighted by atomic mass is 16.7. The molecular formula is C14H22N2O7. The van der Waals surface area contributed by atoms with Crippen LogP contribution in [0.15, 0.2) is 12.2 Å². The highest BCUT2D eigenvalue weighted by Gasteiger charge is 2.09. The Morgan fingerprint density at radius 2 is 1.57 bits per heavy atom. The van der Waals surface area contributed by atoms with E-state index in [2.05, 4.69) is 20.1 Å². The van der Waals surface area contributed by atoms with E-state index in [1.807, 2.05) is 0 Å². The van der Waals surface area contributed by atoms with E-state index in [1.165, 1.54) is 0 Å². The Bertz CT molecular complexity index is 446. The number of carbonyl (C=O) groups excluding carboxylic acids is 4. The Balaban J connectivity index is 3.80. The highest BCUT2D eigenvalue weighted by Crippen LogP contribution is 1.96. The highest BCUT2D eigenvalue weighted by molar-refractivity contribution is 5.91. The largest absolute Gasteiger partial charge is 0.461 e. The molecule has 0 atom stereocenters. The number of ether oxygens (including phenoxy) is 3. The van der Waals surface area contributed by atoms with E-state index < -0.39 is 24.7 Å². The van der Waals surface area contributed by atoms with Gasteiger partial charge in [0.25, 0.3) is 0 Å². The minimum absolute atomic E-state index is 0.0403. The van der Waals surface area contributed by atoms with Crippen LogP contribution < -0.4 is 10.6 Å². The van der Waals surface area contributed by atoms with Gasteiger partial charge in [0.15, 0.2) is 0 Å². The van der Waals surface area contributed by atoms with E-state index in [4.69, 9.17) is 4.74 Å². The van der Waals surface area contributed by atoms with Crippen molar-refractivity contribution in [1.29, 1.82) is 0 Å². The van der Waals surface area contributed by atoms with Crippen molar-refractivity contribution >= 4 is 23.9 Å². The molecule has 130 valence electrons. The molecule has 0 aromatic heterocycles. The molecule has 0 aromatic rings. The summed E-state index contributed by atoms with van der Waals surface area (Å²) in [6.07, 6.45) is 1.72. The molecule has 0 spiro atoms. The van der Waals surface area contributed by atoms with Gasteiger partial charge in [0.05, 0.1) is 12.5 Å². The number of amides is 2. The molecule has 0 aliphatic carbocycles. The van der Waals surface area contributed by atoms with Gasteiger partial charge in [-0.3, -0.25) is 4.79 Å². The first-order valence-corrected chi connectivity index (χ1v) is 7.06. The lowest BCUT2D eigenvalue weighted by molar-refractivity contribution is -0.166. The summed E-state index contributed by atoms with van der Waals surface area (Å²) in [5.41, 5.74) is 0. The Kier molecular flexibility index (Phi) is 10.7. The SMILES string of the molecule is CCNC(=O)NCCOC(=O)/C=C/C(=O)OCOC(=O)C(C)C. The van der Waals surface area contributed by atoms with E-state index in [0.29, 0.717) is 6.54 Å². The molecule has 9 nitrogen and oxygen atoms in total. The summed E-state index contributed by atoms with van der Waals surface area (Å²) < 4.78 is 13.9. The van der Waals surface area contributed by atoms with Gasteiger partial charge in [-0.15, -0.1) is 0 Å². The fourth-order valence-corrected chi connectivity index (χ4v) is 1.08. The van der Waals surface area contributed by atoms with Gasteiger partial charge in [0.2, 0.25) is 6.79 Å². The summed E-state index contributed by atoms with van der Waals surface area (Å²) in [6, 6.07) is -0.362. The Labute approximate surface area is 134 Å². The maximum atomic E-state index is 11.3. The Hall–Kier alpha value is -2.58. The number of hydrogen-bond donors (Lipinski definition) is 2. The molecule has 2 N–H and O–H groups in total. The lowest BCUT2D eigenvalue weighted by Crippen LogP contribution is -2.37. The molecular weight excluding hydrogens is 308 g/mol. The molecule has 0 heterocycles. The molecule has 0 saturated carbocycles. The maximum Gasteiger partial charge on any atom is 0.333 e. The molecule has 0 aromatic carbocycles. The maximum absolute atomic E-state index is 11.3. The third-order valence-corrected chi connectivity index (χ3v) is 2.20. The Morgan fingerprint density at radius 1 is 0.957 bits per heavy atom. The minimum Gasteiger partial charge on any atom is -0.461 e. The van der Waals surface area contributed by atoms with Crippen molar-refractivity contribution in [2.45, 2.75) is 20.8 Å². The first-order valence-electron chi connectivity index (χ1n) is 7.06. The second-order valence-electron chi connectivity index (χ2n) is 4.49. The molecule has 9 heteroatoms. The van der Waals surface area contributed by atoms with Gasteiger partial charge in [-0.05, 0) is 6.92 Å². The Morgan fingerprint density at radius 3 is 2.13 bits per heavy atom. The van der Waals surface area contributed by atoms with Crippen LogP contribution in [-0.4, -0.2) is 50.4 Å². The van der Waals surface area contributed by atoms with Gasteiger partial charge in [0.1, 0.15) is 6.61 Å². The zero-order valence-electron chi connectivity index (χ0n) is 13.4. The molecule has 2 amide bonds. The van der Waals surface area contributed by atoms with Crippen molar-refractivity contribution in [2.24, 2.45) is 5.92 Å². The van der Waals surface area contributed by atoms with Crippen LogP contribution >= 0.6 is 0 Å². The predicted molar refractivity (Wildman–Crippen MR) is 79.1 cm³/mol. The van der Waals surface area contributed by atoms with E-state index in [1.54, 1.807) is 20.8 Å². The van der Waals surface area contributed by atoms with Gasteiger partial charge in [0, 0.05) is 18.7 Å². The van der Waals surface area contributed by atoms with E-state index >= 15 is 0 Å². The fourth-order valence-electron chi connectivity index (χ4n) is 1.08. The third kappa shape index (κ3) is 11.7. The van der Waals surface area contributed by atoms with Crippen LogP contribution in [0.2, 0.25) is 0 Å². The monoisotopic (exact) mass is 330 g/mol. The molecule has 0 aliphatic rings. The molecule has 23 heavy (non-hydrogen) atoms. The van der Waals surface area contributed by atoms with Crippen molar-refractivity contribution in [1.82, 2.24) is 10.6 Å². The number of rotatable bonds is 9. The molecule has 0 fully saturated rings. The minimum atomic E-state index is -0.848. The van der Waals surface area contributed by atoms with Gasteiger partial charge in [-0.2, -0.15) is 0 Å². The van der Waals surface area contributed by atoms with Crippen molar-refractivity contribution in [3.63, 3.8) is 0 Å². The number of urea groups is 1. The first-order chi connectivity index (χ1) is 10.9. The number of hydrogen-bond acceptors (Lipinski definition) is 7. The predicted octanol–water partition coefficient (Wildman–Crippen LogP) is 0.105. The van der Waals surface area contributed by atoms with E-state index in [9.17, 15) is 19.2 Å². The van der Waals surface area contributed by atoms with Gasteiger partial charge >= 0.3 is 23.9 Å². The second-order valence-corrected chi connectivity index (χ2v) is 4.49. The van der Waals surface area contributed by atoms with Crippen LogP contribution in [-0.2, 0) is 28.6 Å². The lowest BCUT2D eigenvalue weighted by atomic mass is 10.2. The average molecular weight is 330 g/mol. The average Bonchev–Trinajstić information content (AvgIpc) is 2.49. The summed E-state index contributed by atoms with van der Waals surface area (Å²) in [4.78, 5) is 44.6. The van der Waals surface area contributed by atoms with Gasteiger partial charge < -0.3 is 24.8 Å². The van der Waals surface area contributed by atoms with E-state index in [0.717, 1.165) is 12.2 Å². The van der Waals surface area contributed by atoms with Crippen molar-refractivity contribution < 1.29 is 33.4 Å². The third-order valence-electron chi connectivity index (χ3n) is 2.20. The molecule has 0 saturated heterocycles. The summed E-state index contributed by atoms with van der Waals surface area (Å²) in [7, 11) is 0. The van der Waals surface area contributed by atoms with Crippen molar-refractivity contribution in [3.05, 3.63) is 12.2 Å². The van der Waals surface area contributed by atoms with Crippen molar-refractivity contribution in [2.75, 3.05) is 26.5 Å². The number of carbonyl (C=O) groups is 4. The quantitative estimate of drug-likeness (QED) is 0.266. The molecule has 0 aliphatic heterocycles. The summed E-state index contributed by atoms with van der Waals surface area (Å²) in [6.45, 7) is 5.12. The van der Waals surface area contributed by atoms with Crippen LogP contribution in [0.1, 0.15) is 20.8 Å². The first kappa shape index (κ1) is 20.4. The number of nitrogens with one attached hydrogen (secondary N) is 2. The van der Waals surface area contributed by atoms with Crippen LogP contribution in [0.5, 0.6) is 0 Å². The van der Waals surface area contributed by atoms with Crippen molar-refractivity contribution in [3.8, 4) is 0 Å². The normalized spacial score (nSPS) is 10.3. The second kappa shape index (κ2) is 12.0. The molecule has 0 rings (SSSR count). The van der Waals surface area contributed by atoms with E-state index in [-0.39, 0.29) is 25.1 Å². The summed E-state index contributed by atoms with van der Waals surface area (Å²) in [5, 5.41) is 4.97. The fraction of sp³-hybridized carbons (Fsp3) is 0.571. The van der Waals surface area contributed by atoms with Crippen LogP contribution in [0.25, 0.3) is 0 Å². The number of esters is 3. The smallest absolute Gasteiger partial charge is 0.333 e. The zero-order chi connectivity index (χ0) is 17.7. The molecule has 0 radical (unpaired) electrons. The van der Waals surface area contributed by atoms with Crippen LogP contribution in [0.3, 0.4) is 0 Å². The topological polar surface area (TPSA) is 120 Å².